The molecule has 1 aliphatic rings. The Labute approximate surface area is 162 Å². The smallest absolute Gasteiger partial charge is 0.293 e. The van der Waals surface area contributed by atoms with Crippen LogP contribution in [-0.2, 0) is 11.2 Å². The second kappa shape index (κ2) is 7.62. The van der Waals surface area contributed by atoms with Crippen LogP contribution in [0.3, 0.4) is 0 Å². The van der Waals surface area contributed by atoms with E-state index in [1.807, 2.05) is 29.6 Å². The number of amides is 1. The van der Waals surface area contributed by atoms with Gasteiger partial charge < -0.3 is 15.0 Å². The van der Waals surface area contributed by atoms with Gasteiger partial charge in [0.25, 0.3) is 5.91 Å². The van der Waals surface area contributed by atoms with Gasteiger partial charge in [-0.25, -0.2) is 9.97 Å². The molecule has 0 bridgehead atoms. The van der Waals surface area contributed by atoms with Crippen molar-refractivity contribution in [1.82, 2.24) is 9.97 Å². The highest BCUT2D eigenvalue weighted by atomic mass is 32.1. The molecule has 2 aromatic heterocycles. The molecule has 0 saturated carbocycles. The van der Waals surface area contributed by atoms with E-state index < -0.39 is 0 Å². The third kappa shape index (κ3) is 3.65. The van der Waals surface area contributed by atoms with E-state index in [1.165, 1.54) is 5.56 Å². The molecule has 0 unspecified atom stereocenters. The van der Waals surface area contributed by atoms with Crippen molar-refractivity contribution in [3.8, 4) is 0 Å². The standard InChI is InChI=1S/C20H22N4O2S/c1-3-14-4-6-15(7-5-14)21-20(25)18-22-16-12-27-13(2)17(16)19(23-18)24-8-10-26-11-9-24/h4-7,12H,3,8-11H2,1-2H3,(H,21,25). The molecule has 140 valence electrons. The van der Waals surface area contributed by atoms with Crippen molar-refractivity contribution < 1.29 is 9.53 Å². The molecule has 27 heavy (non-hydrogen) atoms. The lowest BCUT2D eigenvalue weighted by Gasteiger charge is -2.28. The molecule has 1 aliphatic heterocycles. The van der Waals surface area contributed by atoms with Crippen LogP contribution in [0.2, 0.25) is 0 Å². The summed E-state index contributed by atoms with van der Waals surface area (Å²) in [6.45, 7) is 7.03. The number of ether oxygens (including phenoxy) is 1. The van der Waals surface area contributed by atoms with E-state index in [9.17, 15) is 4.79 Å². The molecule has 0 radical (unpaired) electrons. The maximum absolute atomic E-state index is 12.8. The average Bonchev–Trinajstić information content (AvgIpc) is 3.09. The quantitative estimate of drug-likeness (QED) is 0.746. The van der Waals surface area contributed by atoms with Crippen LogP contribution in [0.25, 0.3) is 10.9 Å². The van der Waals surface area contributed by atoms with Crippen LogP contribution in [0.1, 0.15) is 28.0 Å². The largest absolute Gasteiger partial charge is 0.378 e. The van der Waals surface area contributed by atoms with Crippen molar-refractivity contribution in [2.75, 3.05) is 36.5 Å². The van der Waals surface area contributed by atoms with Gasteiger partial charge >= 0.3 is 0 Å². The van der Waals surface area contributed by atoms with E-state index in [4.69, 9.17) is 4.74 Å². The third-order valence-electron chi connectivity index (χ3n) is 4.75. The lowest BCUT2D eigenvalue weighted by atomic mass is 10.1. The number of aromatic nitrogens is 2. The molecule has 1 amide bonds. The van der Waals surface area contributed by atoms with Gasteiger partial charge in [-0.1, -0.05) is 19.1 Å². The molecule has 3 heterocycles. The normalized spacial score (nSPS) is 14.5. The molecular formula is C20H22N4O2S. The molecular weight excluding hydrogens is 360 g/mol. The summed E-state index contributed by atoms with van der Waals surface area (Å²) in [6, 6.07) is 7.85. The minimum Gasteiger partial charge on any atom is -0.378 e. The van der Waals surface area contributed by atoms with Crippen LogP contribution in [0.5, 0.6) is 0 Å². The molecule has 0 aliphatic carbocycles. The molecule has 4 rings (SSSR count). The molecule has 7 heteroatoms. The maximum atomic E-state index is 12.8. The maximum Gasteiger partial charge on any atom is 0.293 e. The Morgan fingerprint density at radius 2 is 1.96 bits per heavy atom. The van der Waals surface area contributed by atoms with Crippen LogP contribution >= 0.6 is 11.3 Å². The molecule has 3 aromatic rings. The number of benzene rings is 1. The number of rotatable bonds is 4. The van der Waals surface area contributed by atoms with Gasteiger partial charge in [0, 0.05) is 29.0 Å². The van der Waals surface area contributed by atoms with Crippen LogP contribution in [0.4, 0.5) is 11.5 Å². The van der Waals surface area contributed by atoms with Gasteiger partial charge in [-0.2, -0.15) is 0 Å². The van der Waals surface area contributed by atoms with E-state index in [1.54, 1.807) is 11.3 Å². The Kier molecular flexibility index (Phi) is 5.05. The first-order chi connectivity index (χ1) is 13.2. The summed E-state index contributed by atoms with van der Waals surface area (Å²) >= 11 is 1.63. The first-order valence-corrected chi connectivity index (χ1v) is 10.0. The summed E-state index contributed by atoms with van der Waals surface area (Å²) in [5, 5.41) is 5.93. The molecule has 1 fully saturated rings. The number of carbonyl (C=O) groups excluding carboxylic acids is 1. The summed E-state index contributed by atoms with van der Waals surface area (Å²) < 4.78 is 5.46. The topological polar surface area (TPSA) is 67.4 Å². The van der Waals surface area contributed by atoms with Crippen molar-refractivity contribution in [2.45, 2.75) is 20.3 Å². The third-order valence-corrected chi connectivity index (χ3v) is 5.65. The van der Waals surface area contributed by atoms with Gasteiger partial charge in [-0.3, -0.25) is 4.79 Å². The zero-order valence-corrected chi connectivity index (χ0v) is 16.3. The highest BCUT2D eigenvalue weighted by Crippen LogP contribution is 2.32. The van der Waals surface area contributed by atoms with Crippen molar-refractivity contribution in [1.29, 1.82) is 0 Å². The van der Waals surface area contributed by atoms with Gasteiger partial charge in [0.15, 0.2) is 0 Å². The highest BCUT2D eigenvalue weighted by molar-refractivity contribution is 7.11. The first kappa shape index (κ1) is 17.9. The van der Waals surface area contributed by atoms with E-state index >= 15 is 0 Å². The predicted octanol–water partition coefficient (Wildman–Crippen LogP) is 3.65. The second-order valence-corrected chi connectivity index (χ2v) is 7.61. The van der Waals surface area contributed by atoms with E-state index in [0.29, 0.717) is 13.2 Å². The number of anilines is 2. The van der Waals surface area contributed by atoms with Gasteiger partial charge in [0.05, 0.1) is 24.1 Å². The fourth-order valence-electron chi connectivity index (χ4n) is 3.21. The Balaban J connectivity index is 1.67. The minimum absolute atomic E-state index is 0.196. The van der Waals surface area contributed by atoms with Crippen LogP contribution in [0.15, 0.2) is 29.6 Å². The number of morpholine rings is 1. The summed E-state index contributed by atoms with van der Waals surface area (Å²) in [6.07, 6.45) is 0.967. The average molecular weight is 382 g/mol. The number of hydrogen-bond donors (Lipinski definition) is 1. The zero-order chi connectivity index (χ0) is 18.8. The number of thiophene rings is 1. The fraction of sp³-hybridized carbons (Fsp3) is 0.350. The van der Waals surface area contributed by atoms with Crippen molar-refractivity contribution >= 4 is 39.7 Å². The number of carbonyl (C=O) groups is 1. The second-order valence-electron chi connectivity index (χ2n) is 6.53. The Morgan fingerprint density at radius 1 is 1.22 bits per heavy atom. The molecule has 1 N–H and O–H groups in total. The minimum atomic E-state index is -0.292. The first-order valence-electron chi connectivity index (χ1n) is 9.14. The van der Waals surface area contributed by atoms with Crippen LogP contribution < -0.4 is 10.2 Å². The molecule has 0 spiro atoms. The van der Waals surface area contributed by atoms with Crippen molar-refractivity contribution in [3.05, 3.63) is 45.9 Å². The predicted molar refractivity (Wildman–Crippen MR) is 109 cm³/mol. The summed E-state index contributed by atoms with van der Waals surface area (Å²) in [5.74, 6) is 0.731. The lowest BCUT2D eigenvalue weighted by molar-refractivity contribution is 0.101. The number of nitrogens with zero attached hydrogens (tertiary/aromatic N) is 3. The van der Waals surface area contributed by atoms with E-state index in [0.717, 1.165) is 46.8 Å². The Morgan fingerprint density at radius 3 is 2.67 bits per heavy atom. The SMILES string of the molecule is CCc1ccc(NC(=O)c2nc(N3CCOCC3)c3c(C)scc3n2)cc1. The van der Waals surface area contributed by atoms with Crippen molar-refractivity contribution in [3.63, 3.8) is 0 Å². The van der Waals surface area contributed by atoms with E-state index in [2.05, 4.69) is 34.0 Å². The summed E-state index contributed by atoms with van der Waals surface area (Å²) in [7, 11) is 0. The van der Waals surface area contributed by atoms with E-state index in [-0.39, 0.29) is 11.7 Å². The molecule has 1 saturated heterocycles. The number of hydrogen-bond acceptors (Lipinski definition) is 6. The number of nitrogens with one attached hydrogen (secondary N) is 1. The number of fused-ring (bicyclic) bond motifs is 1. The summed E-state index contributed by atoms with van der Waals surface area (Å²) in [4.78, 5) is 25.3. The van der Waals surface area contributed by atoms with Crippen molar-refractivity contribution in [2.24, 2.45) is 0 Å². The Hall–Kier alpha value is -2.51. The fourth-order valence-corrected chi connectivity index (χ4v) is 3.98. The Bertz CT molecular complexity index is 962. The van der Waals surface area contributed by atoms with Crippen LogP contribution in [-0.4, -0.2) is 42.2 Å². The molecule has 6 nitrogen and oxygen atoms in total. The van der Waals surface area contributed by atoms with Gasteiger partial charge in [-0.05, 0) is 31.0 Å². The zero-order valence-electron chi connectivity index (χ0n) is 15.5. The van der Waals surface area contributed by atoms with Gasteiger partial charge in [-0.15, -0.1) is 11.3 Å². The van der Waals surface area contributed by atoms with Gasteiger partial charge in [0.2, 0.25) is 5.82 Å². The summed E-state index contributed by atoms with van der Waals surface area (Å²) in [5.41, 5.74) is 2.80. The monoisotopic (exact) mass is 382 g/mol. The molecule has 1 aromatic carbocycles. The van der Waals surface area contributed by atoms with Gasteiger partial charge in [0.1, 0.15) is 5.82 Å². The highest BCUT2D eigenvalue weighted by Gasteiger charge is 2.22. The molecule has 0 atom stereocenters. The van der Waals surface area contributed by atoms with Crippen LogP contribution in [0, 0.1) is 6.92 Å². The lowest BCUT2D eigenvalue weighted by Crippen LogP contribution is -2.37. The number of aryl methyl sites for hydroxylation is 2.